The molecular weight excluding hydrogens is 404 g/mol. The predicted molar refractivity (Wildman–Crippen MR) is 112 cm³/mol. The van der Waals surface area contributed by atoms with Gasteiger partial charge in [-0.2, -0.15) is 5.10 Å². The Morgan fingerprint density at radius 2 is 1.63 bits per heavy atom. The van der Waals surface area contributed by atoms with Crippen molar-refractivity contribution in [3.63, 3.8) is 0 Å². The van der Waals surface area contributed by atoms with Crippen LogP contribution in [0.25, 0.3) is 11.1 Å². The van der Waals surface area contributed by atoms with Crippen LogP contribution >= 0.6 is 15.9 Å². The maximum absolute atomic E-state index is 12.1. The van der Waals surface area contributed by atoms with Crippen LogP contribution in [0.15, 0.2) is 88.4 Å². The summed E-state index contributed by atoms with van der Waals surface area (Å²) in [6.45, 7) is 1.73. The predicted octanol–water partition coefficient (Wildman–Crippen LogP) is 5.04. The summed E-state index contributed by atoms with van der Waals surface area (Å²) in [6, 6.07) is 25.3. The smallest absolute Gasteiger partial charge is 0.277 e. The van der Waals surface area contributed by atoms with E-state index in [2.05, 4.69) is 26.5 Å². The van der Waals surface area contributed by atoms with Crippen LogP contribution in [0.4, 0.5) is 0 Å². The van der Waals surface area contributed by atoms with Gasteiger partial charge in [-0.15, -0.1) is 0 Å². The largest absolute Gasteiger partial charge is 0.483 e. The molecule has 0 aromatic heterocycles. The molecule has 1 amide bonds. The minimum atomic E-state index is -0.311. The van der Waals surface area contributed by atoms with Gasteiger partial charge in [-0.3, -0.25) is 4.79 Å². The third kappa shape index (κ3) is 5.28. The molecule has 5 heteroatoms. The summed E-state index contributed by atoms with van der Waals surface area (Å²) in [7, 11) is 0. The number of amides is 1. The van der Waals surface area contributed by atoms with Crippen LogP contribution in [0.3, 0.4) is 0 Å². The van der Waals surface area contributed by atoms with Crippen molar-refractivity contribution in [3.05, 3.63) is 88.9 Å². The number of hydrazone groups is 1. The number of rotatable bonds is 6. The molecule has 3 rings (SSSR count). The van der Waals surface area contributed by atoms with Crippen LogP contribution in [0.5, 0.6) is 5.75 Å². The summed E-state index contributed by atoms with van der Waals surface area (Å²) < 4.78 is 6.71. The number of nitrogens with one attached hydrogen (secondary N) is 1. The summed E-state index contributed by atoms with van der Waals surface area (Å²) in [5, 5.41) is 4.14. The topological polar surface area (TPSA) is 50.7 Å². The van der Waals surface area contributed by atoms with Crippen molar-refractivity contribution >= 4 is 27.5 Å². The van der Waals surface area contributed by atoms with Crippen LogP contribution in [0, 0.1) is 0 Å². The standard InChI is InChI=1S/C22H19BrN2O2/c1-16(17-11-13-19(23)14-12-17)24-25-22(26)15-27-21-10-6-5-9-20(21)18-7-3-2-4-8-18/h2-14H,15H2,1H3,(H,25,26). The highest BCUT2D eigenvalue weighted by Gasteiger charge is 2.08. The van der Waals surface area contributed by atoms with Crippen LogP contribution in [0.1, 0.15) is 12.5 Å². The third-order valence-corrected chi connectivity index (χ3v) is 4.47. The second kappa shape index (κ2) is 9.14. The molecule has 0 aliphatic rings. The lowest BCUT2D eigenvalue weighted by molar-refractivity contribution is -0.123. The Kier molecular flexibility index (Phi) is 6.39. The molecule has 1 N–H and O–H groups in total. The monoisotopic (exact) mass is 422 g/mol. The maximum Gasteiger partial charge on any atom is 0.277 e. The quantitative estimate of drug-likeness (QED) is 0.446. The van der Waals surface area contributed by atoms with E-state index >= 15 is 0 Å². The van der Waals surface area contributed by atoms with E-state index in [-0.39, 0.29) is 12.5 Å². The normalized spacial score (nSPS) is 11.1. The first-order chi connectivity index (χ1) is 13.1. The number of carbonyl (C=O) groups excluding carboxylic acids is 1. The lowest BCUT2D eigenvalue weighted by Crippen LogP contribution is -2.25. The van der Waals surface area contributed by atoms with Crippen molar-refractivity contribution in [2.75, 3.05) is 6.61 Å². The molecule has 0 saturated heterocycles. The first kappa shape index (κ1) is 18.9. The van der Waals surface area contributed by atoms with Gasteiger partial charge in [0.2, 0.25) is 0 Å². The van der Waals surface area contributed by atoms with Gasteiger partial charge in [0.1, 0.15) is 5.75 Å². The minimum Gasteiger partial charge on any atom is -0.483 e. The summed E-state index contributed by atoms with van der Waals surface area (Å²) in [5.41, 5.74) is 6.18. The van der Waals surface area contributed by atoms with Gasteiger partial charge in [-0.1, -0.05) is 76.6 Å². The lowest BCUT2D eigenvalue weighted by atomic mass is 10.1. The number of ether oxygens (including phenoxy) is 1. The Labute approximate surface area is 167 Å². The average molecular weight is 423 g/mol. The molecule has 0 bridgehead atoms. The Morgan fingerprint density at radius 1 is 0.963 bits per heavy atom. The number of nitrogens with zero attached hydrogens (tertiary/aromatic N) is 1. The van der Waals surface area contributed by atoms with Gasteiger partial charge in [0.25, 0.3) is 5.91 Å². The van der Waals surface area contributed by atoms with Crippen molar-refractivity contribution in [3.8, 4) is 16.9 Å². The number of benzene rings is 3. The van der Waals surface area contributed by atoms with E-state index in [9.17, 15) is 4.79 Å². The molecular formula is C22H19BrN2O2. The fraction of sp³-hybridized carbons (Fsp3) is 0.0909. The van der Waals surface area contributed by atoms with Crippen LogP contribution < -0.4 is 10.2 Å². The molecule has 3 aromatic carbocycles. The number of halogens is 1. The molecule has 0 fully saturated rings. The molecule has 0 spiro atoms. The molecule has 0 aliphatic heterocycles. The molecule has 27 heavy (non-hydrogen) atoms. The number of hydrogen-bond donors (Lipinski definition) is 1. The molecule has 3 aromatic rings. The van der Waals surface area contributed by atoms with Crippen molar-refractivity contribution in [1.82, 2.24) is 5.43 Å². The van der Waals surface area contributed by atoms with E-state index < -0.39 is 0 Å². The molecule has 0 aliphatic carbocycles. The van der Waals surface area contributed by atoms with E-state index in [4.69, 9.17) is 4.74 Å². The number of carbonyl (C=O) groups is 1. The Morgan fingerprint density at radius 3 is 2.37 bits per heavy atom. The van der Waals surface area contributed by atoms with Crippen molar-refractivity contribution in [1.29, 1.82) is 0 Å². The molecule has 0 radical (unpaired) electrons. The van der Waals surface area contributed by atoms with Gasteiger partial charge in [-0.25, -0.2) is 5.43 Å². The van der Waals surface area contributed by atoms with Crippen molar-refractivity contribution in [2.24, 2.45) is 5.10 Å². The first-order valence-corrected chi connectivity index (χ1v) is 9.29. The second-order valence-electron chi connectivity index (χ2n) is 5.89. The molecule has 4 nitrogen and oxygen atoms in total. The summed E-state index contributed by atoms with van der Waals surface area (Å²) >= 11 is 3.40. The van der Waals surface area contributed by atoms with E-state index in [1.54, 1.807) is 0 Å². The molecule has 0 unspecified atom stereocenters. The van der Waals surface area contributed by atoms with Crippen LogP contribution in [0.2, 0.25) is 0 Å². The van der Waals surface area contributed by atoms with Gasteiger partial charge >= 0.3 is 0 Å². The minimum absolute atomic E-state index is 0.110. The van der Waals surface area contributed by atoms with Gasteiger partial charge < -0.3 is 4.74 Å². The molecule has 136 valence electrons. The Hall–Kier alpha value is -2.92. The Balaban J connectivity index is 1.61. The summed E-state index contributed by atoms with van der Waals surface area (Å²) in [5.74, 6) is 0.349. The third-order valence-electron chi connectivity index (χ3n) is 3.94. The highest BCUT2D eigenvalue weighted by atomic mass is 79.9. The fourth-order valence-electron chi connectivity index (χ4n) is 2.53. The second-order valence-corrected chi connectivity index (χ2v) is 6.81. The van der Waals surface area contributed by atoms with Crippen LogP contribution in [-0.2, 0) is 4.79 Å². The molecule has 0 saturated carbocycles. The van der Waals surface area contributed by atoms with E-state index in [1.807, 2.05) is 85.8 Å². The maximum atomic E-state index is 12.1. The van der Waals surface area contributed by atoms with Crippen molar-refractivity contribution in [2.45, 2.75) is 6.92 Å². The van der Waals surface area contributed by atoms with E-state index in [1.165, 1.54) is 0 Å². The molecule has 0 atom stereocenters. The lowest BCUT2D eigenvalue weighted by Gasteiger charge is -2.11. The highest BCUT2D eigenvalue weighted by Crippen LogP contribution is 2.29. The summed E-state index contributed by atoms with van der Waals surface area (Å²) in [6.07, 6.45) is 0. The van der Waals surface area contributed by atoms with Gasteiger partial charge in [0.15, 0.2) is 6.61 Å². The SMILES string of the molecule is CC(=NNC(=O)COc1ccccc1-c1ccccc1)c1ccc(Br)cc1. The first-order valence-electron chi connectivity index (χ1n) is 8.50. The Bertz CT molecular complexity index is 938. The van der Waals surface area contributed by atoms with E-state index in [0.717, 1.165) is 26.9 Å². The van der Waals surface area contributed by atoms with Gasteiger partial charge in [-0.05, 0) is 36.2 Å². The average Bonchev–Trinajstić information content (AvgIpc) is 2.72. The van der Waals surface area contributed by atoms with E-state index in [0.29, 0.717) is 5.75 Å². The van der Waals surface area contributed by atoms with Crippen molar-refractivity contribution < 1.29 is 9.53 Å². The summed E-state index contributed by atoms with van der Waals surface area (Å²) in [4.78, 5) is 12.1. The zero-order valence-corrected chi connectivity index (χ0v) is 16.4. The molecule has 0 heterocycles. The number of para-hydroxylation sites is 1. The fourth-order valence-corrected chi connectivity index (χ4v) is 2.79. The number of hydrogen-bond acceptors (Lipinski definition) is 3. The highest BCUT2D eigenvalue weighted by molar-refractivity contribution is 9.10. The van der Waals surface area contributed by atoms with Crippen LogP contribution in [-0.4, -0.2) is 18.2 Å². The zero-order valence-electron chi connectivity index (χ0n) is 14.9. The van der Waals surface area contributed by atoms with Gasteiger partial charge in [0.05, 0.1) is 5.71 Å². The zero-order chi connectivity index (χ0) is 19.1. The van der Waals surface area contributed by atoms with Gasteiger partial charge in [0, 0.05) is 10.0 Å².